The van der Waals surface area contributed by atoms with E-state index in [0.29, 0.717) is 10.8 Å². The lowest BCUT2D eigenvalue weighted by molar-refractivity contribution is -0.117. The number of hydrogen-bond donors (Lipinski definition) is 1. The molecule has 1 N–H and O–H groups in total. The molecule has 0 fully saturated rings. The van der Waals surface area contributed by atoms with Crippen LogP contribution in [0, 0.1) is 5.82 Å². The van der Waals surface area contributed by atoms with E-state index in [-0.39, 0.29) is 23.5 Å². The molecule has 0 unspecified atom stereocenters. The van der Waals surface area contributed by atoms with Gasteiger partial charge in [0, 0.05) is 12.1 Å². The number of benzene rings is 2. The molecule has 0 saturated heterocycles. The smallest absolute Gasteiger partial charge is 0.248 e. The fraction of sp³-hybridized carbons (Fsp3) is 0.316. The molecule has 1 atom stereocenters. The maximum Gasteiger partial charge on any atom is 0.248 e. The Bertz CT molecular complexity index is 983. The molecule has 0 aliphatic carbocycles. The van der Waals surface area contributed by atoms with Crippen molar-refractivity contribution in [2.45, 2.75) is 19.4 Å². The highest BCUT2D eigenvalue weighted by atomic mass is 35.5. The minimum atomic E-state index is -3.84. The largest absolute Gasteiger partial charge is 0.495 e. The molecule has 0 saturated carbocycles. The van der Waals surface area contributed by atoms with E-state index in [4.69, 9.17) is 21.1 Å². The number of carbonyl (C=O) groups excluding carboxylic acids is 1. The third kappa shape index (κ3) is 5.30. The van der Waals surface area contributed by atoms with Crippen LogP contribution in [0.5, 0.6) is 11.5 Å². The average Bonchev–Trinajstić information content (AvgIpc) is 2.66. The van der Waals surface area contributed by atoms with Crippen molar-refractivity contribution in [1.82, 2.24) is 0 Å². The number of nitrogens with zero attached hydrogens (tertiary/aromatic N) is 1. The van der Waals surface area contributed by atoms with E-state index in [0.717, 1.165) is 22.7 Å². The van der Waals surface area contributed by atoms with Crippen molar-refractivity contribution >= 4 is 38.9 Å². The number of sulfonamides is 1. The first-order valence-electron chi connectivity index (χ1n) is 8.59. The molecule has 1 amide bonds. The molecule has 2 aromatic carbocycles. The zero-order valence-electron chi connectivity index (χ0n) is 16.4. The number of anilines is 2. The number of rotatable bonds is 8. The molecule has 2 aromatic rings. The summed E-state index contributed by atoms with van der Waals surface area (Å²) in [4.78, 5) is 13.0. The number of hydrogen-bond acceptors (Lipinski definition) is 5. The van der Waals surface area contributed by atoms with Gasteiger partial charge in [-0.1, -0.05) is 18.5 Å². The molecule has 2 rings (SSSR count). The van der Waals surface area contributed by atoms with Gasteiger partial charge >= 0.3 is 0 Å². The summed E-state index contributed by atoms with van der Waals surface area (Å²) in [6.07, 6.45) is 1.15. The summed E-state index contributed by atoms with van der Waals surface area (Å²) in [5.74, 6) is -0.511. The Morgan fingerprint density at radius 1 is 1.17 bits per heavy atom. The van der Waals surface area contributed by atoms with Crippen LogP contribution in [0.4, 0.5) is 15.8 Å². The van der Waals surface area contributed by atoms with Crippen molar-refractivity contribution in [2.75, 3.05) is 30.1 Å². The summed E-state index contributed by atoms with van der Waals surface area (Å²) in [7, 11) is -1.01. The normalized spacial score (nSPS) is 12.2. The van der Waals surface area contributed by atoms with Crippen LogP contribution < -0.4 is 19.1 Å². The number of carbonyl (C=O) groups is 1. The van der Waals surface area contributed by atoms with Gasteiger partial charge in [-0.2, -0.15) is 0 Å². The molecule has 158 valence electrons. The number of ether oxygens (including phenoxy) is 2. The van der Waals surface area contributed by atoms with Gasteiger partial charge in [-0.05, 0) is 30.7 Å². The number of halogens is 2. The van der Waals surface area contributed by atoms with Gasteiger partial charge in [0.15, 0.2) is 0 Å². The maximum absolute atomic E-state index is 13.3. The van der Waals surface area contributed by atoms with Crippen molar-refractivity contribution in [3.05, 3.63) is 47.2 Å². The van der Waals surface area contributed by atoms with Crippen molar-refractivity contribution in [3.63, 3.8) is 0 Å². The minimum absolute atomic E-state index is 0.170. The van der Waals surface area contributed by atoms with Gasteiger partial charge < -0.3 is 14.8 Å². The summed E-state index contributed by atoms with van der Waals surface area (Å²) >= 11 is 6.07. The second kappa shape index (κ2) is 9.32. The van der Waals surface area contributed by atoms with Crippen LogP contribution in [-0.2, 0) is 14.8 Å². The Morgan fingerprint density at radius 3 is 2.24 bits per heavy atom. The zero-order chi connectivity index (χ0) is 21.8. The van der Waals surface area contributed by atoms with E-state index >= 15 is 0 Å². The highest BCUT2D eigenvalue weighted by Gasteiger charge is 2.32. The fourth-order valence-corrected chi connectivity index (χ4v) is 4.26. The molecule has 29 heavy (non-hydrogen) atoms. The summed E-state index contributed by atoms with van der Waals surface area (Å²) < 4.78 is 49.5. The number of methoxy groups -OCH3 is 2. The quantitative estimate of drug-likeness (QED) is 0.671. The Labute approximate surface area is 174 Å². The van der Waals surface area contributed by atoms with Crippen molar-refractivity contribution in [3.8, 4) is 11.5 Å². The van der Waals surface area contributed by atoms with Gasteiger partial charge in [0.2, 0.25) is 15.9 Å². The summed E-state index contributed by atoms with van der Waals surface area (Å²) in [5.41, 5.74) is 0.446. The van der Waals surface area contributed by atoms with Crippen molar-refractivity contribution < 1.29 is 27.1 Å². The zero-order valence-corrected chi connectivity index (χ0v) is 18.0. The van der Waals surface area contributed by atoms with Crippen LogP contribution in [0.25, 0.3) is 0 Å². The van der Waals surface area contributed by atoms with Crippen LogP contribution in [0.3, 0.4) is 0 Å². The first-order valence-corrected chi connectivity index (χ1v) is 10.8. The molecular formula is C19H22ClFN2O5S. The first-order chi connectivity index (χ1) is 13.6. The summed E-state index contributed by atoms with van der Waals surface area (Å²) in [6.45, 7) is 1.67. The number of nitrogens with one attached hydrogen (secondary N) is 1. The van der Waals surface area contributed by atoms with Crippen LogP contribution >= 0.6 is 11.6 Å². The molecular weight excluding hydrogens is 423 g/mol. The second-order valence-electron chi connectivity index (χ2n) is 6.14. The van der Waals surface area contributed by atoms with E-state index in [1.807, 2.05) is 0 Å². The van der Waals surface area contributed by atoms with Crippen molar-refractivity contribution in [2.24, 2.45) is 0 Å². The molecule has 0 radical (unpaired) electrons. The van der Waals surface area contributed by atoms with Gasteiger partial charge in [-0.3, -0.25) is 9.10 Å². The first kappa shape index (κ1) is 22.8. The standard InChI is InChI=1S/C19H22ClFN2O5S/c1-5-16(23(29(4,25)26)13-8-6-12(21)7-9-13)19(24)22-15-11-17(27-2)14(20)10-18(15)28-3/h6-11,16H,5H2,1-4H3,(H,22,24)/t16-/m1/s1. The predicted octanol–water partition coefficient (Wildman–Crippen LogP) is 3.68. The van der Waals surface area contributed by atoms with E-state index in [2.05, 4.69) is 5.32 Å². The van der Waals surface area contributed by atoms with E-state index in [1.54, 1.807) is 6.92 Å². The Kier molecular flexibility index (Phi) is 7.32. The van der Waals surface area contributed by atoms with Gasteiger partial charge in [0.05, 0.1) is 36.9 Å². The molecule has 0 aliphatic heterocycles. The minimum Gasteiger partial charge on any atom is -0.495 e. The van der Waals surface area contributed by atoms with E-state index < -0.39 is 27.8 Å². The van der Waals surface area contributed by atoms with Crippen LogP contribution in [0.1, 0.15) is 13.3 Å². The molecule has 0 aliphatic rings. The van der Waals surface area contributed by atoms with Crippen LogP contribution in [0.15, 0.2) is 36.4 Å². The Hall–Kier alpha value is -2.52. The monoisotopic (exact) mass is 444 g/mol. The van der Waals surface area contributed by atoms with E-state index in [9.17, 15) is 17.6 Å². The maximum atomic E-state index is 13.3. The second-order valence-corrected chi connectivity index (χ2v) is 8.40. The molecule has 7 nitrogen and oxygen atoms in total. The fourth-order valence-electron chi connectivity index (χ4n) is 2.82. The molecule has 0 heterocycles. The van der Waals surface area contributed by atoms with Gasteiger partial charge in [-0.15, -0.1) is 0 Å². The third-order valence-corrected chi connectivity index (χ3v) is 5.62. The average molecular weight is 445 g/mol. The SMILES string of the molecule is CC[C@H](C(=O)Nc1cc(OC)c(Cl)cc1OC)N(c1ccc(F)cc1)S(C)(=O)=O. The van der Waals surface area contributed by atoms with Crippen molar-refractivity contribution in [1.29, 1.82) is 0 Å². The van der Waals surface area contributed by atoms with Crippen LogP contribution in [-0.4, -0.2) is 40.8 Å². The summed E-state index contributed by atoms with van der Waals surface area (Å²) in [5, 5.41) is 2.96. The molecule has 0 bridgehead atoms. The lowest BCUT2D eigenvalue weighted by Gasteiger charge is -2.30. The lowest BCUT2D eigenvalue weighted by atomic mass is 10.1. The van der Waals surface area contributed by atoms with Gasteiger partial charge in [0.25, 0.3) is 0 Å². The molecule has 0 spiro atoms. The lowest BCUT2D eigenvalue weighted by Crippen LogP contribution is -2.47. The summed E-state index contributed by atoms with van der Waals surface area (Å²) in [6, 6.07) is 6.74. The topological polar surface area (TPSA) is 84.9 Å². The molecule has 0 aromatic heterocycles. The van der Waals surface area contributed by atoms with Gasteiger partial charge in [0.1, 0.15) is 23.4 Å². The Morgan fingerprint density at radius 2 is 1.76 bits per heavy atom. The van der Waals surface area contributed by atoms with E-state index in [1.165, 1.54) is 38.5 Å². The predicted molar refractivity (Wildman–Crippen MR) is 111 cm³/mol. The van der Waals surface area contributed by atoms with Gasteiger partial charge in [-0.25, -0.2) is 12.8 Å². The number of amides is 1. The molecule has 10 heteroatoms. The Balaban J connectivity index is 2.44. The highest BCUT2D eigenvalue weighted by Crippen LogP contribution is 2.36. The third-order valence-electron chi connectivity index (χ3n) is 4.14. The highest BCUT2D eigenvalue weighted by molar-refractivity contribution is 7.92. The van der Waals surface area contributed by atoms with Crippen LogP contribution in [0.2, 0.25) is 5.02 Å².